The lowest BCUT2D eigenvalue weighted by molar-refractivity contribution is -0.122. The van der Waals surface area contributed by atoms with E-state index in [1.165, 1.54) is 0 Å². The minimum atomic E-state index is -0.418. The average molecular weight is 367 g/mol. The molecule has 1 saturated heterocycles. The molecule has 7 heteroatoms. The third-order valence-electron chi connectivity index (χ3n) is 4.41. The zero-order valence-corrected chi connectivity index (χ0v) is 15.0. The number of hydrogen-bond donors (Lipinski definition) is 1. The number of hydrogen-bond acceptors (Lipinski definition) is 5. The first-order chi connectivity index (χ1) is 12.6. The van der Waals surface area contributed by atoms with E-state index < -0.39 is 5.92 Å². The van der Waals surface area contributed by atoms with Gasteiger partial charge in [-0.2, -0.15) is 11.3 Å². The molecule has 3 aromatic rings. The van der Waals surface area contributed by atoms with Gasteiger partial charge in [0, 0.05) is 35.7 Å². The first kappa shape index (κ1) is 16.5. The van der Waals surface area contributed by atoms with Crippen molar-refractivity contribution < 1.29 is 14.1 Å². The average Bonchev–Trinajstić information content (AvgIpc) is 3.36. The van der Waals surface area contributed by atoms with E-state index in [2.05, 4.69) is 10.5 Å². The van der Waals surface area contributed by atoms with Crippen LogP contribution < -0.4 is 10.2 Å². The molecule has 1 aromatic carbocycles. The van der Waals surface area contributed by atoms with Crippen molar-refractivity contribution in [1.29, 1.82) is 0 Å². The second-order valence-corrected chi connectivity index (χ2v) is 7.10. The van der Waals surface area contributed by atoms with Gasteiger partial charge in [-0.05, 0) is 30.5 Å². The van der Waals surface area contributed by atoms with Crippen molar-refractivity contribution in [3.63, 3.8) is 0 Å². The molecule has 0 bridgehead atoms. The van der Waals surface area contributed by atoms with Crippen LogP contribution in [0, 0.1) is 12.8 Å². The van der Waals surface area contributed by atoms with E-state index >= 15 is 0 Å². The van der Waals surface area contributed by atoms with Gasteiger partial charge in [0.2, 0.25) is 17.7 Å². The third kappa shape index (κ3) is 3.25. The van der Waals surface area contributed by atoms with E-state index in [4.69, 9.17) is 4.52 Å². The molecule has 2 aromatic heterocycles. The number of thiophene rings is 1. The molecule has 26 heavy (non-hydrogen) atoms. The summed E-state index contributed by atoms with van der Waals surface area (Å²) in [5.74, 6) is -0.414. The zero-order chi connectivity index (χ0) is 18.1. The van der Waals surface area contributed by atoms with Crippen LogP contribution >= 0.6 is 11.3 Å². The molecule has 6 nitrogen and oxygen atoms in total. The Morgan fingerprint density at radius 2 is 2.12 bits per heavy atom. The van der Waals surface area contributed by atoms with Crippen molar-refractivity contribution >= 4 is 34.7 Å². The number of aryl methyl sites for hydroxylation is 1. The minimum absolute atomic E-state index is 0.0504. The molecule has 2 amide bonds. The molecule has 1 N–H and O–H groups in total. The van der Waals surface area contributed by atoms with Gasteiger partial charge in [-0.25, -0.2) is 0 Å². The lowest BCUT2D eigenvalue weighted by Crippen LogP contribution is -2.28. The van der Waals surface area contributed by atoms with Gasteiger partial charge in [-0.3, -0.25) is 14.9 Å². The van der Waals surface area contributed by atoms with Gasteiger partial charge in [0.05, 0.1) is 5.92 Å². The first-order valence-corrected chi connectivity index (χ1v) is 9.21. The van der Waals surface area contributed by atoms with Crippen molar-refractivity contribution in [1.82, 2.24) is 5.16 Å². The summed E-state index contributed by atoms with van der Waals surface area (Å²) >= 11 is 1.57. The Morgan fingerprint density at radius 3 is 2.85 bits per heavy atom. The third-order valence-corrected chi connectivity index (χ3v) is 5.10. The van der Waals surface area contributed by atoms with Crippen molar-refractivity contribution in [2.24, 2.45) is 5.92 Å². The summed E-state index contributed by atoms with van der Waals surface area (Å²) in [6, 6.07) is 11.3. The maximum Gasteiger partial charge on any atom is 0.232 e. The largest absolute Gasteiger partial charge is 0.338 e. The topological polar surface area (TPSA) is 75.4 Å². The molecular formula is C19H17N3O3S. The number of nitrogens with one attached hydrogen (secondary N) is 1. The van der Waals surface area contributed by atoms with Crippen molar-refractivity contribution in [2.45, 2.75) is 13.3 Å². The standard InChI is InChI=1S/C19H17N3O3S/c1-12-2-4-15(5-3-12)22-10-14(8-18(22)23)19(24)20-17-9-16(21-25-17)13-6-7-26-11-13/h2-7,9,11,14H,8,10H2,1H3,(H,20,24)/t14-/m1/s1. The Bertz CT molecular complexity index is 931. The maximum absolute atomic E-state index is 12.5. The minimum Gasteiger partial charge on any atom is -0.338 e. The highest BCUT2D eigenvalue weighted by Gasteiger charge is 2.35. The normalized spacial score (nSPS) is 16.9. The first-order valence-electron chi connectivity index (χ1n) is 8.27. The van der Waals surface area contributed by atoms with Gasteiger partial charge in [0.1, 0.15) is 5.69 Å². The van der Waals surface area contributed by atoms with Gasteiger partial charge >= 0.3 is 0 Å². The SMILES string of the molecule is Cc1ccc(N2C[C@H](C(=O)Nc3cc(-c4ccsc4)no3)CC2=O)cc1. The van der Waals surface area contributed by atoms with Crippen molar-refractivity contribution in [2.75, 3.05) is 16.8 Å². The molecule has 0 saturated carbocycles. The zero-order valence-electron chi connectivity index (χ0n) is 14.1. The van der Waals surface area contributed by atoms with Crippen LogP contribution in [0.4, 0.5) is 11.6 Å². The van der Waals surface area contributed by atoms with Crippen LogP contribution in [0.1, 0.15) is 12.0 Å². The van der Waals surface area contributed by atoms with Gasteiger partial charge < -0.3 is 9.42 Å². The molecule has 0 aliphatic carbocycles. The van der Waals surface area contributed by atoms with E-state index in [9.17, 15) is 9.59 Å². The van der Waals surface area contributed by atoms with Crippen LogP contribution in [0.5, 0.6) is 0 Å². The number of carbonyl (C=O) groups excluding carboxylic acids is 2. The molecule has 3 heterocycles. The molecule has 1 aliphatic rings. The fourth-order valence-electron chi connectivity index (χ4n) is 2.96. The summed E-state index contributed by atoms with van der Waals surface area (Å²) in [7, 11) is 0. The summed E-state index contributed by atoms with van der Waals surface area (Å²) in [6.07, 6.45) is 0.186. The Labute approximate surface area is 154 Å². The van der Waals surface area contributed by atoms with Crippen LogP contribution in [0.15, 0.2) is 51.7 Å². The van der Waals surface area contributed by atoms with Gasteiger partial charge in [-0.1, -0.05) is 22.9 Å². The molecule has 132 valence electrons. The number of carbonyl (C=O) groups is 2. The van der Waals surface area contributed by atoms with Crippen LogP contribution in [-0.4, -0.2) is 23.5 Å². The van der Waals surface area contributed by atoms with E-state index in [0.717, 1.165) is 16.8 Å². The van der Waals surface area contributed by atoms with Crippen LogP contribution in [0.25, 0.3) is 11.3 Å². The maximum atomic E-state index is 12.5. The lowest BCUT2D eigenvalue weighted by atomic mass is 10.1. The fraction of sp³-hybridized carbons (Fsp3) is 0.211. The molecular weight excluding hydrogens is 350 g/mol. The Morgan fingerprint density at radius 1 is 1.31 bits per heavy atom. The molecule has 1 atom stereocenters. The van der Waals surface area contributed by atoms with Gasteiger partial charge in [-0.15, -0.1) is 0 Å². The number of anilines is 2. The molecule has 1 aliphatic heterocycles. The highest BCUT2D eigenvalue weighted by molar-refractivity contribution is 7.08. The quantitative estimate of drug-likeness (QED) is 0.763. The Kier molecular flexibility index (Phi) is 4.30. The predicted molar refractivity (Wildman–Crippen MR) is 100 cm³/mol. The highest BCUT2D eigenvalue weighted by Crippen LogP contribution is 2.27. The summed E-state index contributed by atoms with van der Waals surface area (Å²) < 4.78 is 5.19. The number of aromatic nitrogens is 1. The van der Waals surface area contributed by atoms with Gasteiger partial charge in [0.25, 0.3) is 0 Å². The smallest absolute Gasteiger partial charge is 0.232 e. The van der Waals surface area contributed by atoms with Gasteiger partial charge in [0.15, 0.2) is 0 Å². The van der Waals surface area contributed by atoms with E-state index in [0.29, 0.717) is 12.2 Å². The highest BCUT2D eigenvalue weighted by atomic mass is 32.1. The predicted octanol–water partition coefficient (Wildman–Crippen LogP) is 3.70. The van der Waals surface area contributed by atoms with Crippen molar-refractivity contribution in [3.8, 4) is 11.3 Å². The molecule has 4 rings (SSSR count). The number of rotatable bonds is 4. The fourth-order valence-corrected chi connectivity index (χ4v) is 3.61. The van der Waals surface area contributed by atoms with E-state index in [1.54, 1.807) is 22.3 Å². The Balaban J connectivity index is 1.43. The summed E-state index contributed by atoms with van der Waals surface area (Å²) in [4.78, 5) is 26.5. The molecule has 0 unspecified atom stereocenters. The van der Waals surface area contributed by atoms with Crippen LogP contribution in [0.2, 0.25) is 0 Å². The van der Waals surface area contributed by atoms with Crippen LogP contribution in [-0.2, 0) is 9.59 Å². The number of benzene rings is 1. The molecule has 1 fully saturated rings. The lowest BCUT2D eigenvalue weighted by Gasteiger charge is -2.16. The summed E-state index contributed by atoms with van der Waals surface area (Å²) in [5, 5.41) is 10.6. The summed E-state index contributed by atoms with van der Waals surface area (Å²) in [5.41, 5.74) is 3.56. The monoisotopic (exact) mass is 367 g/mol. The Hall–Kier alpha value is -2.93. The molecule has 0 radical (unpaired) electrons. The van der Waals surface area contributed by atoms with E-state index in [-0.39, 0.29) is 24.1 Å². The number of nitrogens with zero attached hydrogens (tertiary/aromatic N) is 2. The summed E-state index contributed by atoms with van der Waals surface area (Å²) in [6.45, 7) is 2.35. The van der Waals surface area contributed by atoms with E-state index in [1.807, 2.05) is 48.0 Å². The second-order valence-electron chi connectivity index (χ2n) is 6.32. The number of amides is 2. The molecule has 0 spiro atoms. The van der Waals surface area contributed by atoms with Crippen molar-refractivity contribution in [3.05, 3.63) is 52.7 Å². The second kappa shape index (κ2) is 6.76. The van der Waals surface area contributed by atoms with Crippen LogP contribution in [0.3, 0.4) is 0 Å².